The Kier molecular flexibility index (Phi) is 8.10. The summed E-state index contributed by atoms with van der Waals surface area (Å²) in [5, 5.41) is 12.5. The van der Waals surface area contributed by atoms with Crippen molar-refractivity contribution in [2.45, 2.75) is 76.9 Å². The predicted octanol–water partition coefficient (Wildman–Crippen LogP) is 2.48. The highest BCUT2D eigenvalue weighted by molar-refractivity contribution is 6.74. The maximum absolute atomic E-state index is 13.0. The average molecular weight is 455 g/mol. The van der Waals surface area contributed by atoms with Gasteiger partial charge in [0.25, 0.3) is 0 Å². The fourth-order valence-corrected chi connectivity index (χ4v) is 5.46. The van der Waals surface area contributed by atoms with E-state index in [0.717, 1.165) is 0 Å². The summed E-state index contributed by atoms with van der Waals surface area (Å²) in [5.74, 6) is -0.852. The van der Waals surface area contributed by atoms with Crippen LogP contribution in [0.1, 0.15) is 40.5 Å². The smallest absolute Gasteiger partial charge is 0.410 e. The van der Waals surface area contributed by atoms with E-state index in [2.05, 4.69) is 45.8 Å². The molecule has 0 aromatic carbocycles. The third-order valence-corrected chi connectivity index (χ3v) is 11.5. The van der Waals surface area contributed by atoms with E-state index in [0.29, 0.717) is 6.42 Å². The fraction of sp³-hybridized carbons (Fsp3) is 0.773. The molecule has 9 heteroatoms. The zero-order valence-electron chi connectivity index (χ0n) is 19.6. The van der Waals surface area contributed by atoms with Gasteiger partial charge >= 0.3 is 6.09 Å². The van der Waals surface area contributed by atoms with Crippen molar-refractivity contribution in [2.24, 2.45) is 11.8 Å². The summed E-state index contributed by atoms with van der Waals surface area (Å²) in [5.41, 5.74) is 0. The lowest BCUT2D eigenvalue weighted by Gasteiger charge is -2.45. The van der Waals surface area contributed by atoms with Crippen molar-refractivity contribution < 1.29 is 28.7 Å². The van der Waals surface area contributed by atoms with Gasteiger partial charge in [-0.2, -0.15) is 0 Å². The molecule has 31 heavy (non-hydrogen) atoms. The van der Waals surface area contributed by atoms with Gasteiger partial charge in [0.15, 0.2) is 8.32 Å². The lowest BCUT2D eigenvalue weighted by Crippen LogP contribution is -2.64. The van der Waals surface area contributed by atoms with E-state index in [1.54, 1.807) is 0 Å². The van der Waals surface area contributed by atoms with Gasteiger partial charge in [-0.3, -0.25) is 9.59 Å². The van der Waals surface area contributed by atoms with Gasteiger partial charge in [-0.15, -0.1) is 0 Å². The van der Waals surface area contributed by atoms with E-state index >= 15 is 0 Å². The number of carbonyl (C=O) groups excluding carboxylic acids is 3. The number of ketones is 1. The highest BCUT2D eigenvalue weighted by Gasteiger charge is 2.49. The first-order chi connectivity index (χ1) is 14.3. The highest BCUT2D eigenvalue weighted by Crippen LogP contribution is 2.39. The van der Waals surface area contributed by atoms with Gasteiger partial charge in [0, 0.05) is 24.9 Å². The number of nitrogens with zero attached hydrogens (tertiary/aromatic N) is 1. The predicted molar refractivity (Wildman–Crippen MR) is 120 cm³/mol. The number of carbonyl (C=O) groups is 3. The van der Waals surface area contributed by atoms with Crippen LogP contribution in [0.4, 0.5) is 4.79 Å². The van der Waals surface area contributed by atoms with Crippen molar-refractivity contribution in [3.05, 3.63) is 12.7 Å². The summed E-state index contributed by atoms with van der Waals surface area (Å²) in [4.78, 5) is 38.8. The molecular formula is C22H38N2O6Si. The standard InChI is InChI=1S/C22H38N2O6Si/c1-8-9-29-21(28)24-12-15(10-16(24)13-25)18(26)11-17-19(20(27)23-17)14(2)30-31(6,7)22(3,4)5/h8,14-17,19,25H,1,9-13H2,2-7H3,(H,23,27)/t14-,15?,16+,17-,19-/m1/s1. The summed E-state index contributed by atoms with van der Waals surface area (Å²) < 4.78 is 11.5. The minimum atomic E-state index is -2.04. The number of hydrogen-bond acceptors (Lipinski definition) is 6. The number of nitrogens with one attached hydrogen (secondary N) is 1. The van der Waals surface area contributed by atoms with Crippen molar-refractivity contribution in [1.82, 2.24) is 10.2 Å². The highest BCUT2D eigenvalue weighted by atomic mass is 28.4. The number of β-lactam (4-membered cyclic amide) rings is 1. The lowest BCUT2D eigenvalue weighted by molar-refractivity contribution is -0.141. The molecule has 2 fully saturated rings. The minimum absolute atomic E-state index is 0.0213. The van der Waals surface area contributed by atoms with E-state index in [9.17, 15) is 19.5 Å². The van der Waals surface area contributed by atoms with Gasteiger partial charge in [0.2, 0.25) is 5.91 Å². The number of Topliss-reactive ketones (excluding diaryl/α,β-unsaturated/α-hetero) is 1. The second-order valence-corrected chi connectivity index (χ2v) is 14.9. The van der Waals surface area contributed by atoms with Crippen LogP contribution in [0.5, 0.6) is 0 Å². The number of rotatable bonds is 9. The molecule has 0 saturated carbocycles. The first-order valence-electron chi connectivity index (χ1n) is 11.0. The number of amides is 2. The Balaban J connectivity index is 1.97. The van der Waals surface area contributed by atoms with Gasteiger partial charge in [0.05, 0.1) is 24.7 Å². The Labute approximate surface area is 186 Å². The number of hydrogen-bond donors (Lipinski definition) is 2. The molecule has 2 heterocycles. The molecule has 0 spiro atoms. The van der Waals surface area contributed by atoms with E-state index in [4.69, 9.17) is 9.16 Å². The normalized spacial score (nSPS) is 27.3. The van der Waals surface area contributed by atoms with Crippen molar-refractivity contribution in [2.75, 3.05) is 19.8 Å². The molecule has 0 radical (unpaired) electrons. The summed E-state index contributed by atoms with van der Waals surface area (Å²) in [6, 6.07) is -0.715. The molecule has 0 bridgehead atoms. The number of aliphatic hydroxyl groups is 1. The molecule has 2 aliphatic rings. The molecule has 1 unspecified atom stereocenters. The van der Waals surface area contributed by atoms with Crippen LogP contribution >= 0.6 is 0 Å². The first-order valence-corrected chi connectivity index (χ1v) is 13.9. The zero-order chi connectivity index (χ0) is 23.6. The number of likely N-dealkylation sites (tertiary alicyclic amines) is 1. The monoisotopic (exact) mass is 454 g/mol. The zero-order valence-corrected chi connectivity index (χ0v) is 20.6. The largest absolute Gasteiger partial charge is 0.445 e. The molecule has 2 amide bonds. The van der Waals surface area contributed by atoms with Crippen molar-refractivity contribution in [3.8, 4) is 0 Å². The number of ether oxygens (including phenoxy) is 1. The van der Waals surface area contributed by atoms with Gasteiger partial charge in [-0.05, 0) is 31.5 Å². The molecule has 0 aliphatic carbocycles. The van der Waals surface area contributed by atoms with Gasteiger partial charge < -0.3 is 24.5 Å². The van der Waals surface area contributed by atoms with Crippen LogP contribution in [-0.4, -0.2) is 74.1 Å². The van der Waals surface area contributed by atoms with Crippen LogP contribution in [-0.2, 0) is 18.8 Å². The van der Waals surface area contributed by atoms with Crippen molar-refractivity contribution >= 4 is 26.1 Å². The van der Waals surface area contributed by atoms with Crippen molar-refractivity contribution in [1.29, 1.82) is 0 Å². The van der Waals surface area contributed by atoms with Crippen LogP contribution in [0.2, 0.25) is 18.1 Å². The molecule has 2 saturated heterocycles. The summed E-state index contributed by atoms with van der Waals surface area (Å²) in [6.07, 6.45) is 1.23. The lowest BCUT2D eigenvalue weighted by atomic mass is 9.81. The van der Waals surface area contributed by atoms with Gasteiger partial charge in [-0.1, -0.05) is 33.4 Å². The fourth-order valence-electron chi connectivity index (χ4n) is 4.03. The van der Waals surface area contributed by atoms with Crippen LogP contribution in [0, 0.1) is 11.8 Å². The third kappa shape index (κ3) is 5.75. The Hall–Kier alpha value is -1.71. The molecular weight excluding hydrogens is 416 g/mol. The Morgan fingerprint density at radius 3 is 2.55 bits per heavy atom. The van der Waals surface area contributed by atoms with E-state index in [1.807, 2.05) is 6.92 Å². The molecule has 2 aliphatic heterocycles. The molecule has 0 aromatic rings. The number of aliphatic hydroxyl groups excluding tert-OH is 1. The topological polar surface area (TPSA) is 105 Å². The minimum Gasteiger partial charge on any atom is -0.445 e. The maximum Gasteiger partial charge on any atom is 0.410 e. The molecule has 8 nitrogen and oxygen atoms in total. The average Bonchev–Trinajstić information content (AvgIpc) is 3.08. The summed E-state index contributed by atoms with van der Waals surface area (Å²) in [7, 11) is -2.04. The second kappa shape index (κ2) is 9.83. The molecule has 0 aromatic heterocycles. The van der Waals surface area contributed by atoms with Crippen LogP contribution in [0.25, 0.3) is 0 Å². The van der Waals surface area contributed by atoms with E-state index < -0.39 is 20.5 Å². The van der Waals surface area contributed by atoms with Crippen LogP contribution < -0.4 is 5.32 Å². The van der Waals surface area contributed by atoms with Gasteiger partial charge in [0.1, 0.15) is 12.4 Å². The van der Waals surface area contributed by atoms with E-state index in [-0.39, 0.29) is 66.9 Å². The SMILES string of the molecule is C=CCOC(=O)N1CC(C(=O)C[C@H]2NC(=O)[C@@H]2[C@@H](C)O[Si](C)(C)C(C)(C)C)C[C@H]1CO. The summed E-state index contributed by atoms with van der Waals surface area (Å²) >= 11 is 0. The Morgan fingerprint density at radius 2 is 2.03 bits per heavy atom. The molecule has 2 N–H and O–H groups in total. The van der Waals surface area contributed by atoms with Crippen molar-refractivity contribution in [3.63, 3.8) is 0 Å². The quantitative estimate of drug-likeness (QED) is 0.315. The Bertz CT molecular complexity index is 705. The van der Waals surface area contributed by atoms with Gasteiger partial charge in [-0.25, -0.2) is 4.79 Å². The molecule has 2 rings (SSSR count). The van der Waals surface area contributed by atoms with Crippen LogP contribution in [0.15, 0.2) is 12.7 Å². The molecule has 5 atom stereocenters. The first kappa shape index (κ1) is 25.5. The maximum atomic E-state index is 13.0. The molecule has 176 valence electrons. The van der Waals surface area contributed by atoms with Crippen LogP contribution in [0.3, 0.4) is 0 Å². The summed E-state index contributed by atoms with van der Waals surface area (Å²) in [6.45, 7) is 16.2. The van der Waals surface area contributed by atoms with E-state index in [1.165, 1.54) is 11.0 Å². The second-order valence-electron chi connectivity index (χ2n) is 10.2. The third-order valence-electron chi connectivity index (χ3n) is 6.92. The Morgan fingerprint density at radius 1 is 1.39 bits per heavy atom.